The predicted molar refractivity (Wildman–Crippen MR) is 124 cm³/mol. The SMILES string of the molecule is CC(C)(C)OC(=O)N1CCO[C@@H](c2nnc(C34CC(NC(=O)COc5ccc(Cl)c(F)c5)(C3)C4)o2)C1. The highest BCUT2D eigenvalue weighted by Crippen LogP contribution is 2.67. The van der Waals surface area contributed by atoms with Crippen molar-refractivity contribution < 1.29 is 32.6 Å². The van der Waals surface area contributed by atoms with E-state index in [1.165, 1.54) is 12.1 Å². The second kappa shape index (κ2) is 8.88. The van der Waals surface area contributed by atoms with Crippen LogP contribution in [0.2, 0.25) is 5.02 Å². The molecule has 4 aliphatic rings. The van der Waals surface area contributed by atoms with Crippen LogP contribution in [0, 0.1) is 5.82 Å². The van der Waals surface area contributed by atoms with Crippen LogP contribution < -0.4 is 10.1 Å². The van der Waals surface area contributed by atoms with Gasteiger partial charge in [0.1, 0.15) is 17.2 Å². The van der Waals surface area contributed by atoms with E-state index < -0.39 is 23.6 Å². The lowest BCUT2D eigenvalue weighted by atomic mass is 9.39. The minimum absolute atomic E-state index is 0.00874. The van der Waals surface area contributed by atoms with Crippen molar-refractivity contribution in [3.8, 4) is 5.75 Å². The van der Waals surface area contributed by atoms with Crippen molar-refractivity contribution in [1.29, 1.82) is 0 Å². The molecule has 3 saturated carbocycles. The fourth-order valence-corrected chi connectivity index (χ4v) is 5.18. The molecule has 36 heavy (non-hydrogen) atoms. The summed E-state index contributed by atoms with van der Waals surface area (Å²) in [6, 6.07) is 4.02. The number of carbonyl (C=O) groups is 2. The summed E-state index contributed by atoms with van der Waals surface area (Å²) in [5.74, 6) is 0.174. The molecule has 1 atom stereocenters. The molecule has 2 heterocycles. The highest BCUT2D eigenvalue weighted by atomic mass is 35.5. The number of nitrogens with zero attached hydrogens (tertiary/aromatic N) is 3. The monoisotopic (exact) mass is 522 g/mol. The summed E-state index contributed by atoms with van der Waals surface area (Å²) in [5.41, 5.74) is -1.18. The fraction of sp³-hybridized carbons (Fsp3) is 0.583. The van der Waals surface area contributed by atoms with Gasteiger partial charge in [0.05, 0.1) is 23.6 Å². The summed E-state index contributed by atoms with van der Waals surface area (Å²) < 4.78 is 36.1. The highest BCUT2D eigenvalue weighted by molar-refractivity contribution is 6.30. The van der Waals surface area contributed by atoms with E-state index in [1.54, 1.807) is 4.90 Å². The molecule has 2 bridgehead atoms. The maximum Gasteiger partial charge on any atom is 0.410 e. The third-order valence-corrected chi connectivity index (χ3v) is 6.89. The molecule has 6 rings (SSSR count). The minimum Gasteiger partial charge on any atom is -0.484 e. The van der Waals surface area contributed by atoms with Crippen molar-refractivity contribution in [1.82, 2.24) is 20.4 Å². The van der Waals surface area contributed by atoms with Gasteiger partial charge in [0.15, 0.2) is 12.7 Å². The van der Waals surface area contributed by atoms with E-state index in [-0.39, 0.29) is 40.8 Å². The van der Waals surface area contributed by atoms with E-state index >= 15 is 0 Å². The number of aromatic nitrogens is 2. The maximum atomic E-state index is 13.5. The number of benzene rings is 1. The first-order valence-electron chi connectivity index (χ1n) is 11.8. The molecule has 10 nitrogen and oxygen atoms in total. The smallest absolute Gasteiger partial charge is 0.410 e. The number of rotatable bonds is 6. The molecule has 1 aromatic carbocycles. The molecular formula is C24H28ClFN4O6. The molecule has 4 fully saturated rings. The van der Waals surface area contributed by atoms with E-state index in [9.17, 15) is 14.0 Å². The van der Waals surface area contributed by atoms with E-state index in [1.807, 2.05) is 20.8 Å². The van der Waals surface area contributed by atoms with Gasteiger partial charge in [0.25, 0.3) is 5.91 Å². The standard InChI is InChI=1S/C24H28ClFN4O6/c1-22(2,3)36-21(32)30-6-7-33-17(9-30)19-28-29-20(35-19)23-11-24(12-23,13-23)27-18(31)10-34-14-4-5-15(25)16(26)8-14/h4-5,8,17H,6-7,9-13H2,1-3H3,(H,27,31)/t17-,23?,24?/m1/s1. The molecule has 0 spiro atoms. The number of ether oxygens (including phenoxy) is 3. The van der Waals surface area contributed by atoms with Crippen molar-refractivity contribution in [2.75, 3.05) is 26.3 Å². The summed E-state index contributed by atoms with van der Waals surface area (Å²) in [4.78, 5) is 26.3. The summed E-state index contributed by atoms with van der Waals surface area (Å²) in [6.45, 7) is 6.26. The van der Waals surface area contributed by atoms with Crippen LogP contribution in [-0.2, 0) is 19.7 Å². The van der Waals surface area contributed by atoms with Crippen LogP contribution in [-0.4, -0.2) is 64.5 Å². The minimum atomic E-state index is -0.606. The van der Waals surface area contributed by atoms with Crippen molar-refractivity contribution in [2.24, 2.45) is 0 Å². The Labute approximate surface area is 212 Å². The van der Waals surface area contributed by atoms with E-state index in [2.05, 4.69) is 15.5 Å². The zero-order valence-electron chi connectivity index (χ0n) is 20.3. The lowest BCUT2D eigenvalue weighted by Crippen LogP contribution is -2.77. The van der Waals surface area contributed by atoms with Gasteiger partial charge < -0.3 is 28.8 Å². The molecule has 1 aliphatic heterocycles. The van der Waals surface area contributed by atoms with Crippen molar-refractivity contribution in [3.63, 3.8) is 0 Å². The van der Waals surface area contributed by atoms with Gasteiger partial charge in [-0.1, -0.05) is 11.6 Å². The van der Waals surface area contributed by atoms with Gasteiger partial charge in [0, 0.05) is 18.2 Å². The van der Waals surface area contributed by atoms with Crippen LogP contribution in [0.3, 0.4) is 0 Å². The van der Waals surface area contributed by atoms with Gasteiger partial charge in [0.2, 0.25) is 11.8 Å². The van der Waals surface area contributed by atoms with Crippen LogP contribution >= 0.6 is 11.6 Å². The second-order valence-corrected chi connectivity index (χ2v) is 11.1. The zero-order valence-corrected chi connectivity index (χ0v) is 21.1. The van der Waals surface area contributed by atoms with Gasteiger partial charge in [-0.15, -0.1) is 10.2 Å². The second-order valence-electron chi connectivity index (χ2n) is 10.7. The van der Waals surface area contributed by atoms with Crippen LogP contribution in [0.5, 0.6) is 5.75 Å². The number of nitrogens with one attached hydrogen (secondary N) is 1. The summed E-state index contributed by atoms with van der Waals surface area (Å²) in [7, 11) is 0. The summed E-state index contributed by atoms with van der Waals surface area (Å²) >= 11 is 5.66. The number of morpholine rings is 1. The number of halogens is 2. The maximum absolute atomic E-state index is 13.5. The molecule has 194 valence electrons. The summed E-state index contributed by atoms with van der Waals surface area (Å²) in [5, 5.41) is 11.4. The number of hydrogen-bond acceptors (Lipinski definition) is 8. The van der Waals surface area contributed by atoms with E-state index in [0.717, 1.165) is 6.07 Å². The molecule has 0 unspecified atom stereocenters. The third-order valence-electron chi connectivity index (χ3n) is 6.58. The highest BCUT2D eigenvalue weighted by Gasteiger charge is 2.71. The molecular weight excluding hydrogens is 495 g/mol. The number of amides is 2. The quantitative estimate of drug-likeness (QED) is 0.612. The summed E-state index contributed by atoms with van der Waals surface area (Å²) in [6.07, 6.45) is 1.11. The molecule has 2 amide bonds. The Morgan fingerprint density at radius 2 is 2.03 bits per heavy atom. The Morgan fingerprint density at radius 1 is 1.28 bits per heavy atom. The molecule has 1 saturated heterocycles. The average molecular weight is 523 g/mol. The lowest BCUT2D eigenvalue weighted by Gasteiger charge is -2.68. The number of carbonyl (C=O) groups excluding carboxylic acids is 2. The Morgan fingerprint density at radius 3 is 2.72 bits per heavy atom. The zero-order chi connectivity index (χ0) is 25.7. The van der Waals surface area contributed by atoms with Crippen molar-refractivity contribution >= 4 is 23.6 Å². The Balaban J connectivity index is 1.12. The van der Waals surface area contributed by atoms with Gasteiger partial charge in [-0.05, 0) is 52.2 Å². The van der Waals surface area contributed by atoms with Gasteiger partial charge >= 0.3 is 6.09 Å². The topological polar surface area (TPSA) is 116 Å². The third kappa shape index (κ3) is 4.86. The average Bonchev–Trinajstić information content (AvgIpc) is 3.25. The fourth-order valence-electron chi connectivity index (χ4n) is 5.06. The first-order valence-corrected chi connectivity index (χ1v) is 12.2. The Kier molecular flexibility index (Phi) is 6.11. The van der Waals surface area contributed by atoms with Crippen LogP contribution in [0.15, 0.2) is 22.6 Å². The van der Waals surface area contributed by atoms with Crippen molar-refractivity contribution in [2.45, 2.75) is 62.7 Å². The molecule has 0 radical (unpaired) electrons. The molecule has 1 N–H and O–H groups in total. The van der Waals surface area contributed by atoms with Crippen LogP contribution in [0.1, 0.15) is 57.9 Å². The lowest BCUT2D eigenvalue weighted by molar-refractivity contribution is -0.143. The molecule has 1 aromatic heterocycles. The Hall–Kier alpha value is -2.92. The first-order chi connectivity index (χ1) is 17.0. The van der Waals surface area contributed by atoms with Crippen molar-refractivity contribution in [3.05, 3.63) is 40.8 Å². The molecule has 2 aromatic rings. The molecule has 3 aliphatic carbocycles. The van der Waals surface area contributed by atoms with E-state index in [4.69, 9.17) is 30.2 Å². The van der Waals surface area contributed by atoms with Gasteiger partial charge in [-0.2, -0.15) is 0 Å². The van der Waals surface area contributed by atoms with Crippen LogP contribution in [0.25, 0.3) is 0 Å². The molecule has 12 heteroatoms. The Bertz CT molecular complexity index is 1160. The predicted octanol–water partition coefficient (Wildman–Crippen LogP) is 3.54. The van der Waals surface area contributed by atoms with Crippen LogP contribution in [0.4, 0.5) is 9.18 Å². The number of hydrogen-bond donors (Lipinski definition) is 1. The van der Waals surface area contributed by atoms with E-state index in [0.29, 0.717) is 44.2 Å². The normalized spacial score (nSPS) is 27.0. The van der Waals surface area contributed by atoms with Gasteiger partial charge in [-0.3, -0.25) is 4.79 Å². The van der Waals surface area contributed by atoms with Gasteiger partial charge in [-0.25, -0.2) is 9.18 Å². The largest absolute Gasteiger partial charge is 0.484 e. The first kappa shape index (κ1) is 24.8.